The third kappa shape index (κ3) is 4.75. The molecule has 0 amide bonds. The molecule has 5 atom stereocenters. The predicted molar refractivity (Wildman–Crippen MR) is 80.8 cm³/mol. The van der Waals surface area contributed by atoms with Crippen LogP contribution in [0.1, 0.15) is 6.23 Å². The van der Waals surface area contributed by atoms with Gasteiger partial charge < -0.3 is 29.6 Å². The Kier molecular flexibility index (Phi) is 6.05. The normalized spacial score (nSPS) is 28.8. The molecular formula is C10H16N2O12P2. The fraction of sp³-hybridized carbons (Fsp3) is 0.600. The highest BCUT2D eigenvalue weighted by Crippen LogP contribution is 2.57. The van der Waals surface area contributed by atoms with Crippen molar-refractivity contribution in [2.24, 2.45) is 7.05 Å². The van der Waals surface area contributed by atoms with Crippen molar-refractivity contribution >= 4 is 15.6 Å². The molecule has 26 heavy (non-hydrogen) atoms. The van der Waals surface area contributed by atoms with Crippen molar-refractivity contribution in [1.29, 1.82) is 0 Å². The summed E-state index contributed by atoms with van der Waals surface area (Å²) in [5, 5.41) is 19.9. The maximum Gasteiger partial charge on any atom is 0.481 e. The lowest BCUT2D eigenvalue weighted by atomic mass is 10.1. The van der Waals surface area contributed by atoms with Crippen LogP contribution < -0.4 is 11.2 Å². The number of hydrogen-bond donors (Lipinski definition) is 5. The van der Waals surface area contributed by atoms with Gasteiger partial charge >= 0.3 is 21.3 Å². The largest absolute Gasteiger partial charge is 0.481 e. The number of hydrogen-bond acceptors (Lipinski definition) is 9. The van der Waals surface area contributed by atoms with E-state index in [1.165, 1.54) is 7.05 Å². The van der Waals surface area contributed by atoms with Gasteiger partial charge in [-0.3, -0.25) is 18.5 Å². The second-order valence-corrected chi connectivity index (χ2v) is 8.12. The molecule has 16 heteroatoms. The van der Waals surface area contributed by atoms with Gasteiger partial charge in [-0.2, -0.15) is 4.31 Å². The Morgan fingerprint density at radius 3 is 2.38 bits per heavy atom. The van der Waals surface area contributed by atoms with Crippen LogP contribution in [-0.2, 0) is 29.7 Å². The van der Waals surface area contributed by atoms with E-state index >= 15 is 0 Å². The molecule has 0 aliphatic carbocycles. The number of aliphatic hydroxyl groups excluding tert-OH is 2. The van der Waals surface area contributed by atoms with Crippen molar-refractivity contribution in [3.8, 4) is 0 Å². The van der Waals surface area contributed by atoms with Crippen molar-refractivity contribution in [1.82, 2.24) is 9.13 Å². The highest BCUT2D eigenvalue weighted by molar-refractivity contribution is 7.60. The van der Waals surface area contributed by atoms with Gasteiger partial charge in [-0.05, 0) is 0 Å². The van der Waals surface area contributed by atoms with Gasteiger partial charge in [-0.1, -0.05) is 0 Å². The molecule has 0 spiro atoms. The molecule has 5 N–H and O–H groups in total. The van der Waals surface area contributed by atoms with Crippen LogP contribution in [0, 0.1) is 0 Å². The molecule has 2 rings (SSSR count). The van der Waals surface area contributed by atoms with Crippen LogP contribution in [0.25, 0.3) is 0 Å². The summed E-state index contributed by atoms with van der Waals surface area (Å²) >= 11 is 0. The Morgan fingerprint density at radius 2 is 1.81 bits per heavy atom. The Morgan fingerprint density at radius 1 is 1.19 bits per heavy atom. The summed E-state index contributed by atoms with van der Waals surface area (Å²) in [6.07, 6.45) is -5.21. The van der Waals surface area contributed by atoms with Crippen molar-refractivity contribution in [2.45, 2.75) is 24.5 Å². The van der Waals surface area contributed by atoms with Crippen LogP contribution in [0.2, 0.25) is 0 Å². The third-order valence-electron chi connectivity index (χ3n) is 3.44. The van der Waals surface area contributed by atoms with Crippen LogP contribution in [0.3, 0.4) is 0 Å². The number of aliphatic hydroxyl groups is 2. The first-order valence-corrected chi connectivity index (χ1v) is 9.89. The Balaban J connectivity index is 2.14. The molecular weight excluding hydrogens is 402 g/mol. The quantitative estimate of drug-likeness (QED) is 0.301. The van der Waals surface area contributed by atoms with Crippen LogP contribution in [0.5, 0.6) is 0 Å². The summed E-state index contributed by atoms with van der Waals surface area (Å²) in [6, 6.07) is 1.02. The van der Waals surface area contributed by atoms with Gasteiger partial charge in [-0.15, -0.1) is 0 Å². The predicted octanol–water partition coefficient (Wildman–Crippen LogP) is -2.61. The highest BCUT2D eigenvalue weighted by Gasteiger charge is 2.45. The van der Waals surface area contributed by atoms with Gasteiger partial charge in [-0.25, -0.2) is 13.9 Å². The topological polar surface area (TPSA) is 207 Å². The monoisotopic (exact) mass is 418 g/mol. The molecule has 1 aliphatic rings. The molecule has 0 aromatic carbocycles. The molecule has 1 saturated heterocycles. The van der Waals surface area contributed by atoms with Gasteiger partial charge in [0, 0.05) is 19.3 Å². The summed E-state index contributed by atoms with van der Waals surface area (Å²) in [4.78, 5) is 49.6. The second-order valence-electron chi connectivity index (χ2n) is 5.29. The zero-order valence-corrected chi connectivity index (χ0v) is 14.8. The number of nitrogens with zero attached hydrogens (tertiary/aromatic N) is 2. The molecule has 1 aromatic rings. The fourth-order valence-corrected chi connectivity index (χ4v) is 3.80. The first-order chi connectivity index (χ1) is 11.8. The minimum atomic E-state index is -5.32. The molecule has 14 nitrogen and oxygen atoms in total. The highest BCUT2D eigenvalue weighted by atomic mass is 31.3. The van der Waals surface area contributed by atoms with Crippen molar-refractivity contribution in [2.75, 3.05) is 6.61 Å². The Bertz CT molecular complexity index is 873. The van der Waals surface area contributed by atoms with E-state index in [0.717, 1.165) is 21.4 Å². The number of rotatable bonds is 6. The molecule has 2 heterocycles. The average Bonchev–Trinajstić information content (AvgIpc) is 2.77. The zero-order valence-electron chi connectivity index (χ0n) is 13.1. The summed E-state index contributed by atoms with van der Waals surface area (Å²) in [6.45, 7) is -0.900. The molecule has 148 valence electrons. The van der Waals surface area contributed by atoms with Gasteiger partial charge in [0.05, 0.1) is 6.61 Å². The summed E-state index contributed by atoms with van der Waals surface area (Å²) in [5.41, 5.74) is -1.47. The van der Waals surface area contributed by atoms with Crippen molar-refractivity contribution in [3.63, 3.8) is 0 Å². The van der Waals surface area contributed by atoms with Crippen LogP contribution >= 0.6 is 15.6 Å². The lowest BCUT2D eigenvalue weighted by Gasteiger charge is -2.18. The van der Waals surface area contributed by atoms with Crippen molar-refractivity contribution < 1.29 is 47.6 Å². The molecule has 1 aliphatic heterocycles. The minimum Gasteiger partial charge on any atom is -0.387 e. The number of aromatic nitrogens is 2. The molecule has 1 fully saturated rings. The fourth-order valence-electron chi connectivity index (χ4n) is 2.20. The summed E-state index contributed by atoms with van der Waals surface area (Å²) in [7, 11) is -9.32. The second kappa shape index (κ2) is 7.44. The smallest absolute Gasteiger partial charge is 0.387 e. The van der Waals surface area contributed by atoms with E-state index in [2.05, 4.69) is 8.83 Å². The molecule has 0 bridgehead atoms. The van der Waals surface area contributed by atoms with Crippen LogP contribution in [0.4, 0.5) is 0 Å². The van der Waals surface area contributed by atoms with E-state index in [0.29, 0.717) is 0 Å². The van der Waals surface area contributed by atoms with E-state index < -0.39 is 58.0 Å². The maximum atomic E-state index is 12.0. The van der Waals surface area contributed by atoms with E-state index in [4.69, 9.17) is 14.5 Å². The number of phosphoric ester groups is 1. The van der Waals surface area contributed by atoms with E-state index in [-0.39, 0.29) is 0 Å². The zero-order chi connectivity index (χ0) is 19.9. The third-order valence-corrected chi connectivity index (χ3v) is 5.59. The van der Waals surface area contributed by atoms with Gasteiger partial charge in [0.25, 0.3) is 5.56 Å². The van der Waals surface area contributed by atoms with Gasteiger partial charge in [0.2, 0.25) is 0 Å². The molecule has 1 aromatic heterocycles. The first-order valence-electron chi connectivity index (χ1n) is 6.86. The lowest BCUT2D eigenvalue weighted by Crippen LogP contribution is -2.41. The molecule has 0 radical (unpaired) electrons. The Hall–Kier alpha value is -1.18. The van der Waals surface area contributed by atoms with Gasteiger partial charge in [0.1, 0.15) is 18.3 Å². The SMILES string of the molecule is Cn1c(=O)ccn([C@@H]2O[C@H](COP(=O)(O)OP(=O)(O)O)[C@@H](O)[C@H]2O)c1=O. The van der Waals surface area contributed by atoms with E-state index in [9.17, 15) is 33.8 Å². The van der Waals surface area contributed by atoms with Gasteiger partial charge in [0.15, 0.2) is 6.23 Å². The lowest BCUT2D eigenvalue weighted by molar-refractivity contribution is -0.0547. The summed E-state index contributed by atoms with van der Waals surface area (Å²) in [5.74, 6) is 0. The summed E-state index contributed by atoms with van der Waals surface area (Å²) < 4.78 is 36.6. The van der Waals surface area contributed by atoms with Crippen LogP contribution in [-0.4, -0.2) is 58.9 Å². The van der Waals surface area contributed by atoms with Crippen LogP contribution in [0.15, 0.2) is 21.9 Å². The molecule has 0 saturated carbocycles. The first kappa shape index (κ1) is 21.1. The van der Waals surface area contributed by atoms with E-state index in [1.807, 2.05) is 0 Å². The van der Waals surface area contributed by atoms with Crippen molar-refractivity contribution in [3.05, 3.63) is 33.1 Å². The standard InChI is InChI=1S/C10H16N2O12P2/c1-11-6(13)2-3-12(10(11)16)9-8(15)7(14)5(23-9)4-22-26(20,21)24-25(17,18)19/h2-3,5,7-9,14-15H,4H2,1H3,(H,20,21)(H2,17,18,19)/t5-,7-,8-,9-/m1/s1. The minimum absolute atomic E-state index is 0.616. The molecule has 1 unspecified atom stereocenters. The number of phosphoric acid groups is 2. The number of ether oxygens (including phenoxy) is 1. The van der Waals surface area contributed by atoms with E-state index in [1.54, 1.807) is 0 Å². The average molecular weight is 418 g/mol. The Labute approximate surface area is 144 Å². The maximum absolute atomic E-state index is 12.0.